The number of urea groups is 1. The number of hydrogen-bond donors (Lipinski definition) is 2. The number of benzene rings is 2. The van der Waals surface area contributed by atoms with E-state index in [9.17, 15) is 18.4 Å². The number of carbonyl (C=O) groups is 2. The van der Waals surface area contributed by atoms with Crippen LogP contribution in [0.25, 0.3) is 0 Å². The van der Waals surface area contributed by atoms with Crippen molar-refractivity contribution >= 4 is 34.6 Å². The van der Waals surface area contributed by atoms with Crippen LogP contribution >= 0.6 is 11.3 Å². The highest BCUT2D eigenvalue weighted by molar-refractivity contribution is 7.13. The minimum atomic E-state index is -1.06. The number of carbonyl (C=O) groups excluding carboxylic acids is 2. The largest absolute Gasteiger partial charge is 0.322 e. The van der Waals surface area contributed by atoms with E-state index in [4.69, 9.17) is 0 Å². The second-order valence-electron chi connectivity index (χ2n) is 7.61. The highest BCUT2D eigenvalue weighted by Gasteiger charge is 2.33. The highest BCUT2D eigenvalue weighted by Crippen LogP contribution is 2.34. The normalized spacial score (nSPS) is 15.6. The zero-order valence-corrected chi connectivity index (χ0v) is 18.3. The molecule has 0 saturated carbocycles. The summed E-state index contributed by atoms with van der Waals surface area (Å²) in [6, 6.07) is 8.29. The molecule has 1 aliphatic rings. The Morgan fingerprint density at radius 1 is 1.00 bits per heavy atom. The minimum absolute atomic E-state index is 0.0751. The fourth-order valence-electron chi connectivity index (χ4n) is 3.50. The van der Waals surface area contributed by atoms with E-state index in [-0.39, 0.29) is 22.8 Å². The van der Waals surface area contributed by atoms with Gasteiger partial charge in [0.15, 0.2) is 11.6 Å². The number of rotatable bonds is 4. The van der Waals surface area contributed by atoms with Crippen molar-refractivity contribution < 1.29 is 18.4 Å². The summed E-state index contributed by atoms with van der Waals surface area (Å²) < 4.78 is 26.4. The van der Waals surface area contributed by atoms with Gasteiger partial charge in [0.05, 0.1) is 6.04 Å². The second kappa shape index (κ2) is 8.99. The van der Waals surface area contributed by atoms with Crippen LogP contribution in [0.3, 0.4) is 0 Å². The Balaban J connectivity index is 1.45. The quantitative estimate of drug-likeness (QED) is 0.574. The SMILES string of the molecule is Cc1ccc(NC(=O)N2CCC[C@@H]2c2nnc(C(=O)Nc3ccc(F)c(F)c3)s2)cc1C. The maximum atomic E-state index is 13.4. The second-order valence-corrected chi connectivity index (χ2v) is 8.62. The first-order chi connectivity index (χ1) is 15.3. The summed E-state index contributed by atoms with van der Waals surface area (Å²) in [5.74, 6) is -2.64. The average molecular weight is 458 g/mol. The number of amides is 3. The van der Waals surface area contributed by atoms with Crippen LogP contribution in [0.4, 0.5) is 25.0 Å². The molecule has 2 heterocycles. The lowest BCUT2D eigenvalue weighted by Crippen LogP contribution is -2.34. The van der Waals surface area contributed by atoms with Crippen molar-refractivity contribution in [2.75, 3.05) is 17.2 Å². The van der Waals surface area contributed by atoms with Gasteiger partial charge in [-0.25, -0.2) is 13.6 Å². The lowest BCUT2D eigenvalue weighted by atomic mass is 10.1. The van der Waals surface area contributed by atoms with Crippen LogP contribution in [0.15, 0.2) is 36.4 Å². The predicted molar refractivity (Wildman–Crippen MR) is 118 cm³/mol. The van der Waals surface area contributed by atoms with Gasteiger partial charge in [-0.2, -0.15) is 0 Å². The van der Waals surface area contributed by atoms with Gasteiger partial charge >= 0.3 is 6.03 Å². The highest BCUT2D eigenvalue weighted by atomic mass is 32.1. The van der Waals surface area contributed by atoms with Gasteiger partial charge < -0.3 is 15.5 Å². The molecule has 0 aliphatic carbocycles. The number of nitrogens with zero attached hydrogens (tertiary/aromatic N) is 3. The van der Waals surface area contributed by atoms with Gasteiger partial charge in [0.25, 0.3) is 5.91 Å². The standard InChI is InChI=1S/C22H21F2N5O2S/c1-12-5-6-14(10-13(12)2)26-22(31)29-9-3-4-18(29)20-27-28-21(32-20)19(30)25-15-7-8-16(23)17(24)11-15/h5-8,10-11,18H,3-4,9H2,1-2H3,(H,25,30)(H,26,31)/t18-/m1/s1. The fraction of sp³-hybridized carbons (Fsp3) is 0.273. The first-order valence-corrected chi connectivity index (χ1v) is 10.9. The van der Waals surface area contributed by atoms with Gasteiger partial charge in [0.2, 0.25) is 5.01 Å². The van der Waals surface area contributed by atoms with Crippen LogP contribution in [-0.4, -0.2) is 33.6 Å². The van der Waals surface area contributed by atoms with Gasteiger partial charge in [-0.1, -0.05) is 17.4 Å². The Labute approximate surface area is 187 Å². The van der Waals surface area contributed by atoms with Crippen molar-refractivity contribution in [3.8, 4) is 0 Å². The average Bonchev–Trinajstić information content (AvgIpc) is 3.43. The topological polar surface area (TPSA) is 87.2 Å². The van der Waals surface area contributed by atoms with Gasteiger partial charge in [-0.15, -0.1) is 10.2 Å². The number of anilines is 2. The van der Waals surface area contributed by atoms with E-state index in [0.717, 1.165) is 41.0 Å². The van der Waals surface area contributed by atoms with E-state index in [1.54, 1.807) is 4.90 Å². The molecule has 0 radical (unpaired) electrons. The molecule has 1 aliphatic heterocycles. The summed E-state index contributed by atoms with van der Waals surface area (Å²) in [4.78, 5) is 27.0. The van der Waals surface area contributed by atoms with E-state index in [1.807, 2.05) is 32.0 Å². The van der Waals surface area contributed by atoms with Crippen LogP contribution in [-0.2, 0) is 0 Å². The van der Waals surface area contributed by atoms with Crippen LogP contribution < -0.4 is 10.6 Å². The van der Waals surface area contributed by atoms with Crippen LogP contribution in [0, 0.1) is 25.5 Å². The first-order valence-electron chi connectivity index (χ1n) is 10.1. The van der Waals surface area contributed by atoms with E-state index >= 15 is 0 Å². The molecule has 1 fully saturated rings. The van der Waals surface area contributed by atoms with Crippen molar-refractivity contribution in [1.29, 1.82) is 0 Å². The number of aromatic nitrogens is 2. The number of halogens is 2. The van der Waals surface area contributed by atoms with E-state index in [0.29, 0.717) is 23.7 Å². The zero-order valence-electron chi connectivity index (χ0n) is 17.5. The summed E-state index contributed by atoms with van der Waals surface area (Å²) in [7, 11) is 0. The summed E-state index contributed by atoms with van der Waals surface area (Å²) in [5.41, 5.74) is 3.06. The summed E-state index contributed by atoms with van der Waals surface area (Å²) in [6.45, 7) is 4.56. The summed E-state index contributed by atoms with van der Waals surface area (Å²) >= 11 is 1.07. The number of likely N-dealkylation sites (tertiary alicyclic amines) is 1. The monoisotopic (exact) mass is 457 g/mol. The Morgan fingerprint density at radius 3 is 2.50 bits per heavy atom. The summed E-state index contributed by atoms with van der Waals surface area (Å²) in [6.07, 6.45) is 1.51. The van der Waals surface area contributed by atoms with Crippen LogP contribution in [0.2, 0.25) is 0 Å². The Bertz CT molecular complexity index is 1180. The van der Waals surface area contributed by atoms with Crippen molar-refractivity contribution in [3.05, 3.63) is 69.2 Å². The summed E-state index contributed by atoms with van der Waals surface area (Å²) in [5, 5.41) is 14.1. The van der Waals surface area contributed by atoms with Crippen LogP contribution in [0.1, 0.15) is 44.8 Å². The molecule has 0 bridgehead atoms. The predicted octanol–water partition coefficient (Wildman–Crippen LogP) is 5.05. The molecule has 2 N–H and O–H groups in total. The third-order valence-electron chi connectivity index (χ3n) is 5.37. The molecule has 7 nitrogen and oxygen atoms in total. The fourth-order valence-corrected chi connectivity index (χ4v) is 4.39. The Morgan fingerprint density at radius 2 is 1.75 bits per heavy atom. The van der Waals surface area contributed by atoms with Gasteiger partial charge in [0, 0.05) is 24.0 Å². The van der Waals surface area contributed by atoms with Crippen molar-refractivity contribution in [2.24, 2.45) is 0 Å². The zero-order chi connectivity index (χ0) is 22.8. The molecule has 4 rings (SSSR count). The lowest BCUT2D eigenvalue weighted by Gasteiger charge is -2.23. The van der Waals surface area contributed by atoms with Crippen LogP contribution in [0.5, 0.6) is 0 Å². The Hall–Kier alpha value is -3.40. The number of nitrogens with one attached hydrogen (secondary N) is 2. The van der Waals surface area contributed by atoms with E-state index in [1.165, 1.54) is 6.07 Å². The molecule has 0 unspecified atom stereocenters. The molecular formula is C22H21F2N5O2S. The minimum Gasteiger partial charge on any atom is -0.320 e. The first kappa shape index (κ1) is 21.8. The molecule has 1 saturated heterocycles. The lowest BCUT2D eigenvalue weighted by molar-refractivity contribution is 0.102. The molecule has 1 atom stereocenters. The third-order valence-corrected chi connectivity index (χ3v) is 6.39. The van der Waals surface area contributed by atoms with E-state index < -0.39 is 17.5 Å². The Kier molecular flexibility index (Phi) is 6.13. The van der Waals surface area contributed by atoms with Gasteiger partial charge in [-0.3, -0.25) is 4.79 Å². The van der Waals surface area contributed by atoms with Gasteiger partial charge in [-0.05, 0) is 62.1 Å². The molecule has 32 heavy (non-hydrogen) atoms. The molecule has 3 amide bonds. The van der Waals surface area contributed by atoms with Crippen molar-refractivity contribution in [1.82, 2.24) is 15.1 Å². The third kappa shape index (κ3) is 4.59. The van der Waals surface area contributed by atoms with Crippen molar-refractivity contribution in [3.63, 3.8) is 0 Å². The maximum absolute atomic E-state index is 13.4. The number of hydrogen-bond acceptors (Lipinski definition) is 5. The van der Waals surface area contributed by atoms with E-state index in [2.05, 4.69) is 20.8 Å². The molecular weight excluding hydrogens is 436 g/mol. The molecule has 3 aromatic rings. The molecule has 166 valence electrons. The molecule has 10 heteroatoms. The molecule has 2 aromatic carbocycles. The number of aryl methyl sites for hydroxylation is 2. The van der Waals surface area contributed by atoms with Gasteiger partial charge in [0.1, 0.15) is 5.01 Å². The van der Waals surface area contributed by atoms with Crippen molar-refractivity contribution in [2.45, 2.75) is 32.7 Å². The molecule has 1 aromatic heterocycles. The maximum Gasteiger partial charge on any atom is 0.322 e. The smallest absolute Gasteiger partial charge is 0.320 e. The molecule has 0 spiro atoms.